The maximum atomic E-state index is 10.8. The van der Waals surface area contributed by atoms with E-state index in [0.29, 0.717) is 0 Å². The number of aldehydes is 1. The molecule has 74 valence electrons. The number of nitrogens with zero attached hydrogens (tertiary/aromatic N) is 1. The molecule has 0 saturated heterocycles. The molecule has 2 heterocycles. The average Bonchev–Trinajstić information content (AvgIpc) is 2.29. The topological polar surface area (TPSA) is 20.3 Å². The van der Waals surface area contributed by atoms with E-state index in [1.165, 1.54) is 5.69 Å². The smallest absolute Gasteiger partial charge is 0.150 e. The predicted molar refractivity (Wildman–Crippen MR) is 62.1 cm³/mol. The summed E-state index contributed by atoms with van der Waals surface area (Å²) in [4.78, 5) is 13.1. The minimum absolute atomic E-state index is 0.752. The van der Waals surface area contributed by atoms with Gasteiger partial charge in [-0.1, -0.05) is 24.3 Å². The number of hydrogen-bond acceptors (Lipinski definition) is 2. The van der Waals surface area contributed by atoms with Crippen LogP contribution >= 0.6 is 0 Å². The van der Waals surface area contributed by atoms with Gasteiger partial charge in [0.05, 0.1) is 5.69 Å². The van der Waals surface area contributed by atoms with Crippen LogP contribution in [0.2, 0.25) is 0 Å². The van der Waals surface area contributed by atoms with Crippen molar-refractivity contribution in [2.45, 2.75) is 0 Å². The third-order valence-corrected chi connectivity index (χ3v) is 2.89. The largest absolute Gasteiger partial charge is 0.363 e. The molecule has 0 bridgehead atoms. The first-order valence-corrected chi connectivity index (χ1v) is 5.10. The second-order valence-corrected chi connectivity index (χ2v) is 3.88. The molecule has 1 aromatic carbocycles. The van der Waals surface area contributed by atoms with Gasteiger partial charge in [0.2, 0.25) is 0 Å². The summed E-state index contributed by atoms with van der Waals surface area (Å²) in [6.07, 6.45) is 9.38. The number of carbonyl (C=O) groups is 1. The summed E-state index contributed by atoms with van der Waals surface area (Å²) >= 11 is 0. The molecule has 2 nitrogen and oxygen atoms in total. The van der Waals surface area contributed by atoms with E-state index in [2.05, 4.69) is 29.2 Å². The highest BCUT2D eigenvalue weighted by Crippen LogP contribution is 2.34. The summed E-state index contributed by atoms with van der Waals surface area (Å²) < 4.78 is 0. The van der Waals surface area contributed by atoms with Crippen LogP contribution in [0, 0.1) is 0 Å². The molecule has 0 amide bonds. The molecule has 0 aliphatic carbocycles. The molecule has 0 N–H and O–H groups in total. The fourth-order valence-electron chi connectivity index (χ4n) is 2.26. The van der Waals surface area contributed by atoms with Crippen LogP contribution in [0.3, 0.4) is 0 Å². The Morgan fingerprint density at radius 3 is 2.20 bits per heavy atom. The van der Waals surface area contributed by atoms with Gasteiger partial charge in [0.15, 0.2) is 0 Å². The highest BCUT2D eigenvalue weighted by atomic mass is 16.1. The van der Waals surface area contributed by atoms with Crippen molar-refractivity contribution in [1.82, 2.24) is 0 Å². The molecule has 0 unspecified atom stereocenters. The minimum Gasteiger partial charge on any atom is -0.363 e. The molecular weight excluding hydrogens is 186 g/mol. The van der Waals surface area contributed by atoms with E-state index in [9.17, 15) is 4.79 Å². The summed E-state index contributed by atoms with van der Waals surface area (Å²) in [7, 11) is 0. The predicted octanol–water partition coefficient (Wildman–Crippen LogP) is 2.36. The third kappa shape index (κ3) is 1.22. The molecule has 0 radical (unpaired) electrons. The summed E-state index contributed by atoms with van der Waals surface area (Å²) in [5, 5.41) is 0. The Hall–Kier alpha value is -1.83. The van der Waals surface area contributed by atoms with Crippen molar-refractivity contribution in [3.05, 3.63) is 41.0 Å². The van der Waals surface area contributed by atoms with E-state index in [4.69, 9.17) is 0 Å². The van der Waals surface area contributed by atoms with Gasteiger partial charge in [0.1, 0.15) is 6.29 Å². The van der Waals surface area contributed by atoms with Gasteiger partial charge >= 0.3 is 0 Å². The van der Waals surface area contributed by atoms with Crippen LogP contribution in [0.5, 0.6) is 0 Å². The summed E-state index contributed by atoms with van der Waals surface area (Å²) in [6, 6.07) is 3.90. The Balaban J connectivity index is 2.29. The van der Waals surface area contributed by atoms with Crippen molar-refractivity contribution in [3.63, 3.8) is 0 Å². The molecule has 15 heavy (non-hydrogen) atoms. The second-order valence-electron chi connectivity index (χ2n) is 3.88. The van der Waals surface area contributed by atoms with E-state index in [0.717, 1.165) is 36.1 Å². The maximum absolute atomic E-state index is 10.8. The monoisotopic (exact) mass is 197 g/mol. The van der Waals surface area contributed by atoms with Crippen molar-refractivity contribution in [2.75, 3.05) is 18.0 Å². The van der Waals surface area contributed by atoms with Crippen molar-refractivity contribution >= 4 is 24.1 Å². The number of anilines is 1. The van der Waals surface area contributed by atoms with Gasteiger partial charge in [0.25, 0.3) is 0 Å². The Kier molecular flexibility index (Phi) is 1.75. The van der Waals surface area contributed by atoms with Gasteiger partial charge in [-0.15, -0.1) is 0 Å². The molecule has 3 rings (SSSR count). The highest BCUT2D eigenvalue weighted by Gasteiger charge is 2.18. The Morgan fingerprint density at radius 1 is 1.07 bits per heavy atom. The normalized spacial score (nSPS) is 16.4. The van der Waals surface area contributed by atoms with E-state index >= 15 is 0 Å². The Morgan fingerprint density at radius 2 is 1.67 bits per heavy atom. The minimum atomic E-state index is 0.752. The fourth-order valence-corrected chi connectivity index (χ4v) is 2.26. The standard InChI is InChI=1S/C13H11NO/c15-9-10-7-11-3-1-5-14-6-2-4-12(8-10)13(11)14/h1-4,7-9H,5-6H2. The van der Waals surface area contributed by atoms with Crippen LogP contribution < -0.4 is 4.90 Å². The van der Waals surface area contributed by atoms with Crippen molar-refractivity contribution < 1.29 is 4.79 Å². The van der Waals surface area contributed by atoms with E-state index in [1.54, 1.807) is 0 Å². The van der Waals surface area contributed by atoms with E-state index in [-0.39, 0.29) is 0 Å². The van der Waals surface area contributed by atoms with E-state index in [1.807, 2.05) is 12.1 Å². The first-order valence-electron chi connectivity index (χ1n) is 5.10. The number of benzene rings is 1. The van der Waals surface area contributed by atoms with Crippen LogP contribution in [0.1, 0.15) is 21.5 Å². The summed E-state index contributed by atoms with van der Waals surface area (Å²) in [6.45, 7) is 1.93. The molecule has 0 aromatic heterocycles. The maximum Gasteiger partial charge on any atom is 0.150 e. The van der Waals surface area contributed by atoms with Crippen molar-refractivity contribution in [3.8, 4) is 0 Å². The molecule has 2 aliphatic heterocycles. The fraction of sp³-hybridized carbons (Fsp3) is 0.154. The third-order valence-electron chi connectivity index (χ3n) is 2.89. The molecule has 2 heteroatoms. The molecule has 0 saturated carbocycles. The Bertz CT molecular complexity index is 448. The lowest BCUT2D eigenvalue weighted by molar-refractivity contribution is 0.112. The number of carbonyl (C=O) groups excluding carboxylic acids is 1. The van der Waals surface area contributed by atoms with Gasteiger partial charge in [-0.25, -0.2) is 0 Å². The van der Waals surface area contributed by atoms with Crippen LogP contribution in [-0.2, 0) is 0 Å². The van der Waals surface area contributed by atoms with Crippen LogP contribution in [0.4, 0.5) is 5.69 Å². The van der Waals surface area contributed by atoms with Crippen LogP contribution in [-0.4, -0.2) is 19.4 Å². The summed E-state index contributed by atoms with van der Waals surface area (Å²) in [5.74, 6) is 0. The first kappa shape index (κ1) is 8.48. The molecule has 0 atom stereocenters. The SMILES string of the molecule is O=Cc1cc2c3c(c1)C=CCN3CC=C2. The van der Waals surface area contributed by atoms with Gasteiger partial charge in [-0.2, -0.15) is 0 Å². The quantitative estimate of drug-likeness (QED) is 0.644. The molecular formula is C13H11NO. The van der Waals surface area contributed by atoms with Gasteiger partial charge in [0, 0.05) is 18.7 Å². The van der Waals surface area contributed by atoms with Gasteiger partial charge in [-0.05, 0) is 23.3 Å². The van der Waals surface area contributed by atoms with Gasteiger partial charge < -0.3 is 4.90 Å². The Labute approximate surface area is 88.5 Å². The highest BCUT2D eigenvalue weighted by molar-refractivity contribution is 5.88. The summed E-state index contributed by atoms with van der Waals surface area (Å²) in [5.41, 5.74) is 4.34. The van der Waals surface area contributed by atoms with E-state index < -0.39 is 0 Å². The number of hydrogen-bond donors (Lipinski definition) is 0. The van der Waals surface area contributed by atoms with Crippen molar-refractivity contribution in [1.29, 1.82) is 0 Å². The zero-order chi connectivity index (χ0) is 10.3. The van der Waals surface area contributed by atoms with Gasteiger partial charge in [-0.3, -0.25) is 4.79 Å². The second kappa shape index (κ2) is 3.09. The average molecular weight is 197 g/mol. The van der Waals surface area contributed by atoms with Crippen LogP contribution in [0.25, 0.3) is 12.2 Å². The zero-order valence-electron chi connectivity index (χ0n) is 8.31. The molecule has 1 aromatic rings. The van der Waals surface area contributed by atoms with Crippen LogP contribution in [0.15, 0.2) is 24.3 Å². The lowest BCUT2D eigenvalue weighted by atomic mass is 9.97. The molecule has 0 fully saturated rings. The zero-order valence-corrected chi connectivity index (χ0v) is 8.31. The molecule has 2 aliphatic rings. The lowest BCUT2D eigenvalue weighted by Crippen LogP contribution is -2.28. The lowest BCUT2D eigenvalue weighted by Gasteiger charge is -2.31. The first-order chi connectivity index (χ1) is 7.38. The number of rotatable bonds is 1. The molecule has 0 spiro atoms. The van der Waals surface area contributed by atoms with Crippen molar-refractivity contribution in [2.24, 2.45) is 0 Å².